The van der Waals surface area contributed by atoms with E-state index in [0.717, 1.165) is 0 Å². The minimum absolute atomic E-state index is 0. The molecule has 0 spiro atoms. The predicted octanol–water partition coefficient (Wildman–Crippen LogP) is -0.618. The molecule has 0 saturated carbocycles. The van der Waals surface area contributed by atoms with Crippen LogP contribution in [-0.4, -0.2) is 37.7 Å². The van der Waals surface area contributed by atoms with Gasteiger partial charge in [0, 0.05) is 0 Å². The van der Waals surface area contributed by atoms with Crippen LogP contribution in [0.15, 0.2) is 0 Å². The van der Waals surface area contributed by atoms with Crippen molar-refractivity contribution in [2.45, 2.75) is 0 Å². The molecule has 0 radical (unpaired) electrons. The quantitative estimate of drug-likeness (QED) is 0.536. The van der Waals surface area contributed by atoms with E-state index in [-0.39, 0.29) is 88.6 Å². The molecule has 0 aliphatic carbocycles. The molecule has 0 aromatic carbocycles. The molecular formula is CaO2Th+2. The Kier molecular flexibility index (Phi) is 140. The molecule has 0 unspecified atom stereocenters. The summed E-state index contributed by atoms with van der Waals surface area (Å²) in [4.78, 5) is 0. The van der Waals surface area contributed by atoms with E-state index in [2.05, 4.69) is 0 Å². The molecule has 4 heteroatoms. The van der Waals surface area contributed by atoms with E-state index in [0.29, 0.717) is 0 Å². The van der Waals surface area contributed by atoms with Crippen LogP contribution in [0.2, 0.25) is 0 Å². The Hall–Kier alpha value is 2.50. The molecule has 2 nitrogen and oxygen atoms in total. The Labute approximate surface area is 86.6 Å². The third-order valence-corrected chi connectivity index (χ3v) is 0. The van der Waals surface area contributed by atoms with Crippen LogP contribution >= 0.6 is 0 Å². The van der Waals surface area contributed by atoms with Crippen LogP contribution in [0.3, 0.4) is 0 Å². The van der Waals surface area contributed by atoms with Gasteiger partial charge < -0.3 is 11.0 Å². The summed E-state index contributed by atoms with van der Waals surface area (Å²) in [5.74, 6) is 0. The molecule has 0 N–H and O–H groups in total. The molecule has 0 fully saturated rings. The fraction of sp³-hybridized carbons (Fsp3) is 0. The first kappa shape index (κ1) is 31.4. The summed E-state index contributed by atoms with van der Waals surface area (Å²) in [5, 5.41) is 0. The maximum absolute atomic E-state index is 0. The number of hydrogen-bond acceptors (Lipinski definition) is 0. The van der Waals surface area contributed by atoms with Crippen LogP contribution in [0.5, 0.6) is 0 Å². The minimum atomic E-state index is 0. The van der Waals surface area contributed by atoms with Crippen molar-refractivity contribution in [1.29, 1.82) is 0 Å². The monoisotopic (exact) mass is 304 g/mol. The second-order valence-corrected chi connectivity index (χ2v) is 0. The average molecular weight is 304 g/mol. The van der Waals surface area contributed by atoms with Crippen LogP contribution in [0.4, 0.5) is 0 Å². The van der Waals surface area contributed by atoms with Gasteiger partial charge in [0.15, 0.2) is 0 Å². The second kappa shape index (κ2) is 17.8. The smallest absolute Gasteiger partial charge is 2.00 e. The summed E-state index contributed by atoms with van der Waals surface area (Å²) in [6.45, 7) is 0. The molecule has 0 amide bonds. The van der Waals surface area contributed by atoms with Gasteiger partial charge in [-0.1, -0.05) is 0 Å². The summed E-state index contributed by atoms with van der Waals surface area (Å²) in [6.07, 6.45) is 0. The van der Waals surface area contributed by atoms with Gasteiger partial charge >= 0.3 is 77.7 Å². The fourth-order valence-electron chi connectivity index (χ4n) is 0. The van der Waals surface area contributed by atoms with Crippen molar-refractivity contribution in [2.75, 3.05) is 0 Å². The van der Waals surface area contributed by atoms with Gasteiger partial charge in [0.25, 0.3) is 0 Å². The molecule has 0 saturated heterocycles. The molecule has 4 heavy (non-hydrogen) atoms. The van der Waals surface area contributed by atoms with Crippen LogP contribution in [0.1, 0.15) is 0 Å². The summed E-state index contributed by atoms with van der Waals surface area (Å²) < 4.78 is 0. The third-order valence-electron chi connectivity index (χ3n) is 0. The maximum atomic E-state index is 0. The Morgan fingerprint density at radius 2 is 0.750 bits per heavy atom. The van der Waals surface area contributed by atoms with Crippen molar-refractivity contribution in [2.24, 2.45) is 0 Å². The predicted molar refractivity (Wildman–Crippen MR) is 7.13 cm³/mol. The van der Waals surface area contributed by atoms with Crippen molar-refractivity contribution in [3.63, 3.8) is 0 Å². The van der Waals surface area contributed by atoms with Gasteiger partial charge in [-0.3, -0.25) is 0 Å². The Bertz CT molecular complexity index is 6.00. The number of rotatable bonds is 0. The van der Waals surface area contributed by atoms with Gasteiger partial charge in [-0.15, -0.1) is 0 Å². The zero-order valence-corrected chi connectivity index (χ0v) is 8.34. The molecule has 0 atom stereocenters. The van der Waals surface area contributed by atoms with E-state index in [1.807, 2.05) is 0 Å². The summed E-state index contributed by atoms with van der Waals surface area (Å²) >= 11 is 0. The van der Waals surface area contributed by atoms with Crippen molar-refractivity contribution in [3.8, 4) is 0 Å². The first-order chi connectivity index (χ1) is 0. The summed E-state index contributed by atoms with van der Waals surface area (Å²) in [6, 6.07) is 0. The first-order valence-corrected chi connectivity index (χ1v) is 0. The van der Waals surface area contributed by atoms with E-state index in [9.17, 15) is 0 Å². The molecule has 0 aromatic rings. The van der Waals surface area contributed by atoms with Gasteiger partial charge in [0.1, 0.15) is 0 Å². The third kappa shape index (κ3) is 8.82. The van der Waals surface area contributed by atoms with Crippen LogP contribution in [0, 0.1) is 39.9 Å². The Morgan fingerprint density at radius 1 is 0.750 bits per heavy atom. The normalized spacial score (nSPS) is 0. The molecule has 0 heterocycles. The van der Waals surface area contributed by atoms with E-state index < -0.39 is 0 Å². The maximum Gasteiger partial charge on any atom is 4.00 e. The topological polar surface area (TPSA) is 57.0 Å². The molecule has 0 aliphatic rings. The van der Waals surface area contributed by atoms with Gasteiger partial charge in [-0.2, -0.15) is 0 Å². The van der Waals surface area contributed by atoms with Crippen LogP contribution in [0.25, 0.3) is 0 Å². The second-order valence-electron chi connectivity index (χ2n) is 0. The van der Waals surface area contributed by atoms with Crippen LogP contribution in [-0.2, 0) is 11.0 Å². The van der Waals surface area contributed by atoms with Gasteiger partial charge in [0.05, 0.1) is 0 Å². The number of hydrogen-bond donors (Lipinski definition) is 0. The zero-order valence-electron chi connectivity index (χ0n) is 2.02. The van der Waals surface area contributed by atoms with Gasteiger partial charge in [-0.05, 0) is 0 Å². The average Bonchev–Trinajstić information content (AvgIpc) is 0. The zero-order chi connectivity index (χ0) is 0. The summed E-state index contributed by atoms with van der Waals surface area (Å²) in [7, 11) is 0. The molecular weight excluding hydrogens is 304 g/mol. The van der Waals surface area contributed by atoms with E-state index in [4.69, 9.17) is 0 Å². The molecule has 16 valence electrons. The SMILES string of the molecule is [Ca+2].[O-2].[O-2].[Th+4]. The van der Waals surface area contributed by atoms with Crippen molar-refractivity contribution >= 4 is 37.7 Å². The molecule has 0 aliphatic heterocycles. The standard InChI is InChI=1S/Ca.2O.Th/q+2;2*-2;+4. The molecule has 0 aromatic heterocycles. The Morgan fingerprint density at radius 3 is 0.750 bits per heavy atom. The van der Waals surface area contributed by atoms with Crippen molar-refractivity contribution in [1.82, 2.24) is 0 Å². The molecule has 0 rings (SSSR count). The van der Waals surface area contributed by atoms with Crippen molar-refractivity contribution < 1.29 is 50.9 Å². The van der Waals surface area contributed by atoms with Gasteiger partial charge in [-0.25, -0.2) is 0 Å². The van der Waals surface area contributed by atoms with E-state index in [1.165, 1.54) is 0 Å². The van der Waals surface area contributed by atoms with Crippen LogP contribution < -0.4 is 0 Å². The minimum Gasteiger partial charge on any atom is -2.00 e. The van der Waals surface area contributed by atoms with E-state index >= 15 is 0 Å². The Balaban J connectivity index is 0. The largest absolute Gasteiger partial charge is 4.00 e. The fourth-order valence-corrected chi connectivity index (χ4v) is 0. The first-order valence-electron chi connectivity index (χ1n) is 0. The van der Waals surface area contributed by atoms with Gasteiger partial charge in [0.2, 0.25) is 0 Å². The van der Waals surface area contributed by atoms with Crippen molar-refractivity contribution in [3.05, 3.63) is 0 Å². The summed E-state index contributed by atoms with van der Waals surface area (Å²) in [5.41, 5.74) is 0. The van der Waals surface area contributed by atoms with E-state index in [1.54, 1.807) is 0 Å². The molecule has 0 bridgehead atoms.